The predicted octanol–water partition coefficient (Wildman–Crippen LogP) is 5.06. The molecule has 1 saturated carbocycles. The maximum absolute atomic E-state index is 5.99. The van der Waals surface area contributed by atoms with Crippen molar-refractivity contribution in [2.75, 3.05) is 12.4 Å². The Morgan fingerprint density at radius 1 is 1.00 bits per heavy atom. The van der Waals surface area contributed by atoms with E-state index in [2.05, 4.69) is 17.6 Å². The third-order valence-electron chi connectivity index (χ3n) is 4.68. The summed E-state index contributed by atoms with van der Waals surface area (Å²) in [6.45, 7) is 2.08. The van der Waals surface area contributed by atoms with E-state index in [9.17, 15) is 0 Å². The van der Waals surface area contributed by atoms with E-state index >= 15 is 0 Å². The van der Waals surface area contributed by atoms with Gasteiger partial charge in [0.2, 0.25) is 0 Å². The molecule has 3 rings (SSSR count). The highest BCUT2D eigenvalue weighted by Gasteiger charge is 2.16. The molecule has 2 aromatic carbocycles. The van der Waals surface area contributed by atoms with Crippen molar-refractivity contribution in [3.63, 3.8) is 0 Å². The van der Waals surface area contributed by atoms with Crippen molar-refractivity contribution >= 4 is 23.0 Å². The molecule has 0 aromatic heterocycles. The van der Waals surface area contributed by atoms with E-state index < -0.39 is 0 Å². The summed E-state index contributed by atoms with van der Waals surface area (Å²) >= 11 is 5.43. The molecular formula is C21H26N2O2S. The van der Waals surface area contributed by atoms with E-state index in [1.807, 2.05) is 48.5 Å². The number of methoxy groups -OCH3 is 1. The highest BCUT2D eigenvalue weighted by molar-refractivity contribution is 7.80. The molecule has 0 heterocycles. The van der Waals surface area contributed by atoms with Gasteiger partial charge in [0.25, 0.3) is 0 Å². The lowest BCUT2D eigenvalue weighted by molar-refractivity contribution is 0.210. The molecule has 0 radical (unpaired) electrons. The van der Waals surface area contributed by atoms with E-state index in [0.29, 0.717) is 11.2 Å². The molecule has 1 atom stereocenters. The molecular weight excluding hydrogens is 344 g/mol. The van der Waals surface area contributed by atoms with Gasteiger partial charge in [0, 0.05) is 5.69 Å². The molecule has 5 heteroatoms. The largest absolute Gasteiger partial charge is 0.497 e. The summed E-state index contributed by atoms with van der Waals surface area (Å²) < 4.78 is 11.2. The molecule has 1 aliphatic rings. The quantitative estimate of drug-likeness (QED) is 0.696. The minimum atomic E-state index is 0.103. The topological polar surface area (TPSA) is 42.5 Å². The van der Waals surface area contributed by atoms with Gasteiger partial charge in [-0.2, -0.15) is 0 Å². The van der Waals surface area contributed by atoms with Crippen molar-refractivity contribution in [1.29, 1.82) is 0 Å². The maximum atomic E-state index is 5.99. The molecule has 2 N–H and O–H groups in total. The molecule has 4 nitrogen and oxygen atoms in total. The molecule has 0 spiro atoms. The molecule has 1 unspecified atom stereocenters. The van der Waals surface area contributed by atoms with Crippen LogP contribution >= 0.6 is 12.2 Å². The number of hydrogen-bond donors (Lipinski definition) is 2. The van der Waals surface area contributed by atoms with E-state index in [4.69, 9.17) is 21.7 Å². The second-order valence-electron chi connectivity index (χ2n) is 6.64. The van der Waals surface area contributed by atoms with Crippen LogP contribution in [0.4, 0.5) is 5.69 Å². The van der Waals surface area contributed by atoms with Crippen LogP contribution in [0.2, 0.25) is 0 Å². The minimum absolute atomic E-state index is 0.103. The first kappa shape index (κ1) is 18.5. The Labute approximate surface area is 160 Å². The summed E-state index contributed by atoms with van der Waals surface area (Å²) in [6, 6.07) is 16.1. The van der Waals surface area contributed by atoms with Crippen LogP contribution in [0, 0.1) is 0 Å². The average molecular weight is 371 g/mol. The maximum Gasteiger partial charge on any atom is 0.171 e. The summed E-state index contributed by atoms with van der Waals surface area (Å²) in [7, 11) is 1.67. The number of ether oxygens (including phenoxy) is 2. The number of benzene rings is 2. The van der Waals surface area contributed by atoms with E-state index in [-0.39, 0.29) is 6.04 Å². The highest BCUT2D eigenvalue weighted by Crippen LogP contribution is 2.25. The van der Waals surface area contributed by atoms with Crippen molar-refractivity contribution in [3.8, 4) is 11.5 Å². The zero-order valence-electron chi connectivity index (χ0n) is 15.3. The lowest BCUT2D eigenvalue weighted by atomic mass is 10.1. The van der Waals surface area contributed by atoms with Crippen molar-refractivity contribution < 1.29 is 9.47 Å². The average Bonchev–Trinajstić information content (AvgIpc) is 3.16. The van der Waals surface area contributed by atoms with Gasteiger partial charge in [-0.1, -0.05) is 12.1 Å². The number of nitrogens with one attached hydrogen (secondary N) is 2. The zero-order valence-corrected chi connectivity index (χ0v) is 16.1. The van der Waals surface area contributed by atoms with E-state index in [1.54, 1.807) is 7.11 Å². The summed E-state index contributed by atoms with van der Waals surface area (Å²) in [5.74, 6) is 1.77. The fourth-order valence-corrected chi connectivity index (χ4v) is 3.45. The first-order valence-corrected chi connectivity index (χ1v) is 9.53. The molecule has 0 amide bonds. The van der Waals surface area contributed by atoms with Gasteiger partial charge in [-0.05, 0) is 86.8 Å². The van der Waals surface area contributed by atoms with Crippen LogP contribution in [0.1, 0.15) is 44.2 Å². The van der Waals surface area contributed by atoms with Crippen LogP contribution in [-0.2, 0) is 0 Å². The third kappa shape index (κ3) is 5.11. The Morgan fingerprint density at radius 2 is 1.62 bits per heavy atom. The summed E-state index contributed by atoms with van der Waals surface area (Å²) in [5, 5.41) is 7.12. The number of anilines is 1. The van der Waals surface area contributed by atoms with Crippen molar-refractivity contribution in [2.24, 2.45) is 0 Å². The second-order valence-corrected chi connectivity index (χ2v) is 7.05. The van der Waals surface area contributed by atoms with Crippen molar-refractivity contribution in [1.82, 2.24) is 5.32 Å². The van der Waals surface area contributed by atoms with Crippen molar-refractivity contribution in [2.45, 2.75) is 44.8 Å². The van der Waals surface area contributed by atoms with Crippen LogP contribution in [0.25, 0.3) is 0 Å². The standard InChI is InChI=1S/C21H26N2O2S/c1-15(16-7-11-18(24-2)12-8-16)22-21(26)23-17-9-13-20(14-10-17)25-19-5-3-4-6-19/h7-15,19H,3-6H2,1-2H3,(H2,22,23,26). The summed E-state index contributed by atoms with van der Waals surface area (Å²) in [4.78, 5) is 0. The van der Waals surface area contributed by atoms with E-state index in [0.717, 1.165) is 35.6 Å². The van der Waals surface area contributed by atoms with Crippen LogP contribution < -0.4 is 20.1 Å². The van der Waals surface area contributed by atoms with Gasteiger partial charge in [0.05, 0.1) is 19.3 Å². The number of thiocarbonyl (C=S) groups is 1. The van der Waals surface area contributed by atoms with Gasteiger partial charge in [-0.3, -0.25) is 0 Å². The van der Waals surface area contributed by atoms with Crippen LogP contribution in [0.15, 0.2) is 48.5 Å². The first-order valence-electron chi connectivity index (χ1n) is 9.12. The van der Waals surface area contributed by atoms with Gasteiger partial charge < -0.3 is 20.1 Å². The Kier molecular flexibility index (Phi) is 6.34. The Balaban J connectivity index is 1.50. The predicted molar refractivity (Wildman–Crippen MR) is 110 cm³/mol. The lowest BCUT2D eigenvalue weighted by Crippen LogP contribution is -2.30. The molecule has 138 valence electrons. The van der Waals surface area contributed by atoms with Gasteiger partial charge in [-0.15, -0.1) is 0 Å². The zero-order chi connectivity index (χ0) is 18.4. The van der Waals surface area contributed by atoms with Crippen molar-refractivity contribution in [3.05, 3.63) is 54.1 Å². The SMILES string of the molecule is COc1ccc(C(C)NC(=S)Nc2ccc(OC3CCCC3)cc2)cc1. The van der Waals surface area contributed by atoms with Gasteiger partial charge in [-0.25, -0.2) is 0 Å². The monoisotopic (exact) mass is 370 g/mol. The smallest absolute Gasteiger partial charge is 0.171 e. The van der Waals surface area contributed by atoms with Gasteiger partial charge >= 0.3 is 0 Å². The normalized spacial score (nSPS) is 15.3. The molecule has 26 heavy (non-hydrogen) atoms. The number of hydrogen-bond acceptors (Lipinski definition) is 3. The second kappa shape index (κ2) is 8.90. The van der Waals surface area contributed by atoms with Crippen LogP contribution in [0.5, 0.6) is 11.5 Å². The lowest BCUT2D eigenvalue weighted by Gasteiger charge is -2.18. The molecule has 0 bridgehead atoms. The Morgan fingerprint density at radius 3 is 2.23 bits per heavy atom. The third-order valence-corrected chi connectivity index (χ3v) is 4.90. The molecule has 2 aromatic rings. The molecule has 0 aliphatic heterocycles. The Bertz CT molecular complexity index is 710. The fourth-order valence-electron chi connectivity index (χ4n) is 3.16. The van der Waals surface area contributed by atoms with Crippen LogP contribution in [0.3, 0.4) is 0 Å². The van der Waals surface area contributed by atoms with Gasteiger partial charge in [0.1, 0.15) is 11.5 Å². The Hall–Kier alpha value is -2.27. The summed E-state index contributed by atoms with van der Waals surface area (Å²) in [6.07, 6.45) is 5.25. The minimum Gasteiger partial charge on any atom is -0.497 e. The number of rotatable bonds is 6. The van der Waals surface area contributed by atoms with Gasteiger partial charge in [0.15, 0.2) is 5.11 Å². The molecule has 1 fully saturated rings. The van der Waals surface area contributed by atoms with Crippen LogP contribution in [-0.4, -0.2) is 18.3 Å². The first-order chi connectivity index (χ1) is 12.6. The highest BCUT2D eigenvalue weighted by atomic mass is 32.1. The molecule has 1 aliphatic carbocycles. The fraction of sp³-hybridized carbons (Fsp3) is 0.381. The van der Waals surface area contributed by atoms with E-state index in [1.165, 1.54) is 12.8 Å². The molecule has 0 saturated heterocycles. The summed E-state index contributed by atoms with van der Waals surface area (Å²) in [5.41, 5.74) is 2.10.